The molecule has 1 aromatic carbocycles. The van der Waals surface area contributed by atoms with E-state index >= 15 is 0 Å². The number of benzene rings is 1. The first-order chi connectivity index (χ1) is 11.2. The number of thiazole rings is 1. The van der Waals surface area contributed by atoms with Crippen LogP contribution >= 0.6 is 11.3 Å². The van der Waals surface area contributed by atoms with Crippen molar-refractivity contribution in [3.8, 4) is 11.3 Å². The molecule has 5 heteroatoms. The lowest BCUT2D eigenvalue weighted by molar-refractivity contribution is -0.122. The highest BCUT2D eigenvalue weighted by Gasteiger charge is 2.15. The van der Waals surface area contributed by atoms with Gasteiger partial charge in [0.05, 0.1) is 18.2 Å². The fourth-order valence-electron chi connectivity index (χ4n) is 2.26. The van der Waals surface area contributed by atoms with Crippen LogP contribution in [-0.4, -0.2) is 15.9 Å². The van der Waals surface area contributed by atoms with Gasteiger partial charge in [-0.15, -0.1) is 11.3 Å². The van der Waals surface area contributed by atoms with Crippen molar-refractivity contribution in [2.75, 3.05) is 0 Å². The Balaban J connectivity index is 1.61. The second-order valence-corrected chi connectivity index (χ2v) is 6.16. The number of hydrogen-bond donors (Lipinski definition) is 1. The van der Waals surface area contributed by atoms with Crippen LogP contribution in [0.15, 0.2) is 60.2 Å². The molecule has 1 amide bonds. The molecule has 0 radical (unpaired) electrons. The zero-order chi connectivity index (χ0) is 16.1. The Hall–Kier alpha value is -2.53. The van der Waals surface area contributed by atoms with Gasteiger partial charge in [0.25, 0.3) is 0 Å². The number of carbonyl (C=O) groups is 1. The third kappa shape index (κ3) is 3.81. The van der Waals surface area contributed by atoms with Crippen LogP contribution in [0.4, 0.5) is 0 Å². The van der Waals surface area contributed by atoms with Crippen molar-refractivity contribution in [1.82, 2.24) is 15.3 Å². The molecule has 1 atom stereocenters. The number of hydrogen-bond acceptors (Lipinski definition) is 4. The zero-order valence-electron chi connectivity index (χ0n) is 12.8. The van der Waals surface area contributed by atoms with Gasteiger partial charge in [-0.25, -0.2) is 4.98 Å². The van der Waals surface area contributed by atoms with Crippen LogP contribution in [0.5, 0.6) is 0 Å². The maximum Gasteiger partial charge on any atom is 0.227 e. The second-order valence-electron chi connectivity index (χ2n) is 5.21. The molecule has 2 heterocycles. The molecule has 0 aliphatic carbocycles. The summed E-state index contributed by atoms with van der Waals surface area (Å²) in [5.74, 6) is -0.160. The number of amides is 1. The van der Waals surface area contributed by atoms with Crippen LogP contribution in [0.1, 0.15) is 23.4 Å². The van der Waals surface area contributed by atoms with Crippen LogP contribution in [0.2, 0.25) is 0 Å². The average molecular weight is 323 g/mol. The molecule has 0 aliphatic rings. The lowest BCUT2D eigenvalue weighted by Crippen LogP contribution is -2.27. The molecule has 3 aromatic rings. The summed E-state index contributed by atoms with van der Waals surface area (Å²) in [6.07, 6.45) is 3.50. The molecular weight excluding hydrogens is 306 g/mol. The fourth-order valence-corrected chi connectivity index (χ4v) is 3.00. The topological polar surface area (TPSA) is 54.9 Å². The van der Waals surface area contributed by atoms with Crippen LogP contribution in [-0.2, 0) is 11.3 Å². The van der Waals surface area contributed by atoms with Gasteiger partial charge >= 0.3 is 0 Å². The molecule has 4 nitrogen and oxygen atoms in total. The molecule has 0 spiro atoms. The van der Waals surface area contributed by atoms with Crippen LogP contribution < -0.4 is 5.32 Å². The summed E-state index contributed by atoms with van der Waals surface area (Å²) in [5.41, 5.74) is 2.96. The van der Waals surface area contributed by atoms with E-state index in [1.54, 1.807) is 23.7 Å². The molecule has 2 aromatic heterocycles. The number of nitrogens with zero attached hydrogens (tertiary/aromatic N) is 2. The van der Waals surface area contributed by atoms with E-state index in [9.17, 15) is 4.79 Å². The highest BCUT2D eigenvalue weighted by atomic mass is 32.1. The van der Waals surface area contributed by atoms with Crippen LogP contribution in [0, 0.1) is 0 Å². The van der Waals surface area contributed by atoms with Crippen molar-refractivity contribution in [3.63, 3.8) is 0 Å². The van der Waals surface area contributed by atoms with Crippen molar-refractivity contribution < 1.29 is 4.79 Å². The first-order valence-corrected chi connectivity index (χ1v) is 8.29. The Bertz CT molecular complexity index is 771. The van der Waals surface area contributed by atoms with Crippen LogP contribution in [0.25, 0.3) is 11.3 Å². The molecule has 0 aliphatic heterocycles. The molecule has 1 N–H and O–H groups in total. The molecule has 116 valence electrons. The van der Waals surface area contributed by atoms with Gasteiger partial charge in [0.1, 0.15) is 5.01 Å². The van der Waals surface area contributed by atoms with E-state index < -0.39 is 0 Å². The van der Waals surface area contributed by atoms with Gasteiger partial charge in [0.15, 0.2) is 0 Å². The molecule has 0 bridgehead atoms. The fraction of sp³-hybridized carbons (Fsp3) is 0.167. The molecule has 0 fully saturated rings. The third-order valence-corrected chi connectivity index (χ3v) is 4.48. The van der Waals surface area contributed by atoms with Gasteiger partial charge in [-0.05, 0) is 24.6 Å². The summed E-state index contributed by atoms with van der Waals surface area (Å²) in [6, 6.07) is 13.6. The number of rotatable bonds is 5. The van der Waals surface area contributed by atoms with Gasteiger partial charge in [-0.1, -0.05) is 30.3 Å². The van der Waals surface area contributed by atoms with E-state index in [-0.39, 0.29) is 11.8 Å². The molecule has 3 rings (SSSR count). The van der Waals surface area contributed by atoms with Gasteiger partial charge in [0.2, 0.25) is 5.91 Å². The van der Waals surface area contributed by atoms with Crippen molar-refractivity contribution in [2.24, 2.45) is 0 Å². The maximum absolute atomic E-state index is 12.3. The molecular formula is C18H17N3OS. The Morgan fingerprint density at radius 3 is 2.65 bits per heavy atom. The second kappa shape index (κ2) is 7.15. The van der Waals surface area contributed by atoms with Crippen molar-refractivity contribution in [1.29, 1.82) is 0 Å². The summed E-state index contributed by atoms with van der Waals surface area (Å²) in [6.45, 7) is 2.36. The molecule has 1 unspecified atom stereocenters. The van der Waals surface area contributed by atoms with Gasteiger partial charge in [-0.2, -0.15) is 0 Å². The monoisotopic (exact) mass is 323 g/mol. The summed E-state index contributed by atoms with van der Waals surface area (Å²) in [4.78, 5) is 20.8. The first-order valence-electron chi connectivity index (χ1n) is 7.41. The Labute approximate surface area is 139 Å². The summed E-state index contributed by atoms with van der Waals surface area (Å²) < 4.78 is 0. The first kappa shape index (κ1) is 15.4. The minimum atomic E-state index is -0.171. The number of carbonyl (C=O) groups excluding carboxylic acids is 1. The SMILES string of the molecule is CC(C(=O)NCc1nc(-c2ccncc2)cs1)c1ccccc1. The van der Waals surface area contributed by atoms with Crippen LogP contribution in [0.3, 0.4) is 0 Å². The van der Waals surface area contributed by atoms with Crippen molar-refractivity contribution >= 4 is 17.2 Å². The lowest BCUT2D eigenvalue weighted by Gasteiger charge is -2.11. The maximum atomic E-state index is 12.3. The molecule has 0 saturated carbocycles. The minimum Gasteiger partial charge on any atom is -0.349 e. The molecule has 23 heavy (non-hydrogen) atoms. The van der Waals surface area contributed by atoms with Gasteiger partial charge in [-0.3, -0.25) is 9.78 Å². The Kier molecular flexibility index (Phi) is 4.78. The van der Waals surface area contributed by atoms with E-state index in [0.717, 1.165) is 21.8 Å². The van der Waals surface area contributed by atoms with Gasteiger partial charge < -0.3 is 5.32 Å². The predicted molar refractivity (Wildman–Crippen MR) is 92.0 cm³/mol. The summed E-state index contributed by atoms with van der Waals surface area (Å²) in [7, 11) is 0. The summed E-state index contributed by atoms with van der Waals surface area (Å²) in [5, 5.41) is 5.85. The van der Waals surface area contributed by atoms with E-state index in [4.69, 9.17) is 0 Å². The van der Waals surface area contributed by atoms with E-state index in [2.05, 4.69) is 15.3 Å². The zero-order valence-corrected chi connectivity index (χ0v) is 13.6. The molecule has 0 saturated heterocycles. The summed E-state index contributed by atoms with van der Waals surface area (Å²) >= 11 is 1.55. The predicted octanol–water partition coefficient (Wildman–Crippen LogP) is 3.63. The standard InChI is InChI=1S/C18H17N3OS/c1-13(14-5-3-2-4-6-14)18(22)20-11-17-21-16(12-23-17)15-7-9-19-10-8-15/h2-10,12-13H,11H2,1H3,(H,20,22). The smallest absolute Gasteiger partial charge is 0.227 e. The highest BCUT2D eigenvalue weighted by Crippen LogP contribution is 2.21. The van der Waals surface area contributed by atoms with E-state index in [1.165, 1.54) is 0 Å². The van der Waals surface area contributed by atoms with Crippen molar-refractivity contribution in [2.45, 2.75) is 19.4 Å². The third-order valence-electron chi connectivity index (χ3n) is 3.63. The van der Waals surface area contributed by atoms with E-state index in [1.807, 2.05) is 54.8 Å². The van der Waals surface area contributed by atoms with E-state index in [0.29, 0.717) is 6.54 Å². The minimum absolute atomic E-state index is 0.0110. The van der Waals surface area contributed by atoms with Crippen molar-refractivity contribution in [3.05, 3.63) is 70.8 Å². The highest BCUT2D eigenvalue weighted by molar-refractivity contribution is 7.09. The Morgan fingerprint density at radius 2 is 1.91 bits per heavy atom. The quantitative estimate of drug-likeness (QED) is 0.780. The average Bonchev–Trinajstić information content (AvgIpc) is 3.09. The largest absolute Gasteiger partial charge is 0.349 e. The number of nitrogens with one attached hydrogen (secondary N) is 1. The number of aromatic nitrogens is 2. The normalized spacial score (nSPS) is 11.9. The lowest BCUT2D eigenvalue weighted by atomic mass is 10.0. The number of pyridine rings is 1. The Morgan fingerprint density at radius 1 is 1.17 bits per heavy atom. The van der Waals surface area contributed by atoms with Gasteiger partial charge in [0, 0.05) is 23.3 Å².